The molecule has 0 bridgehead atoms. The maximum atomic E-state index is 12.2. The van der Waals surface area contributed by atoms with Gasteiger partial charge in [-0.1, -0.05) is 11.6 Å². The van der Waals surface area contributed by atoms with Gasteiger partial charge in [-0.3, -0.25) is 9.78 Å². The molecule has 2 rings (SSSR count). The highest BCUT2D eigenvalue weighted by Gasteiger charge is 2.15. The molecule has 0 aliphatic heterocycles. The molecule has 0 aromatic carbocycles. The molecule has 1 unspecified atom stereocenters. The van der Waals surface area contributed by atoms with Crippen LogP contribution >= 0.6 is 22.9 Å². The summed E-state index contributed by atoms with van der Waals surface area (Å²) in [6, 6.07) is 5.25. The number of nitrogens with two attached hydrogens (primary N) is 1. The molecule has 19 heavy (non-hydrogen) atoms. The highest BCUT2D eigenvalue weighted by atomic mass is 35.5. The van der Waals surface area contributed by atoms with E-state index in [2.05, 4.69) is 10.3 Å². The number of nitrogens with zero attached hydrogens (tertiary/aromatic N) is 1. The zero-order valence-electron chi connectivity index (χ0n) is 10.6. The molecule has 4 nitrogen and oxygen atoms in total. The summed E-state index contributed by atoms with van der Waals surface area (Å²) in [7, 11) is 0. The number of nitrogens with one attached hydrogen (secondary N) is 1. The third-order valence-corrected chi connectivity index (χ3v) is 4.13. The Bertz CT molecular complexity index is 612. The van der Waals surface area contributed by atoms with Crippen LogP contribution in [-0.4, -0.2) is 10.9 Å². The molecule has 2 aromatic rings. The van der Waals surface area contributed by atoms with Gasteiger partial charge in [0.15, 0.2) is 0 Å². The summed E-state index contributed by atoms with van der Waals surface area (Å²) in [4.78, 5) is 17.3. The van der Waals surface area contributed by atoms with Crippen molar-refractivity contribution in [2.45, 2.75) is 19.9 Å². The van der Waals surface area contributed by atoms with E-state index in [-0.39, 0.29) is 11.9 Å². The molecule has 2 aromatic heterocycles. The van der Waals surface area contributed by atoms with Crippen LogP contribution in [0.4, 0.5) is 5.69 Å². The van der Waals surface area contributed by atoms with Gasteiger partial charge in [-0.15, -0.1) is 11.3 Å². The number of aromatic nitrogens is 1. The van der Waals surface area contributed by atoms with Gasteiger partial charge in [0, 0.05) is 4.88 Å². The number of amides is 1. The zero-order valence-corrected chi connectivity index (χ0v) is 12.2. The fourth-order valence-corrected chi connectivity index (χ4v) is 2.75. The monoisotopic (exact) mass is 295 g/mol. The lowest BCUT2D eigenvalue weighted by Crippen LogP contribution is -2.27. The lowest BCUT2D eigenvalue weighted by atomic mass is 10.1. The van der Waals surface area contributed by atoms with Crippen LogP contribution in [0.1, 0.15) is 33.9 Å². The van der Waals surface area contributed by atoms with Crippen LogP contribution in [0.25, 0.3) is 0 Å². The first-order chi connectivity index (χ1) is 8.97. The van der Waals surface area contributed by atoms with Crippen molar-refractivity contribution < 1.29 is 4.79 Å². The van der Waals surface area contributed by atoms with Gasteiger partial charge in [0.1, 0.15) is 0 Å². The Balaban J connectivity index is 2.15. The number of thiophene rings is 1. The summed E-state index contributed by atoms with van der Waals surface area (Å²) in [6.45, 7) is 3.69. The maximum absolute atomic E-state index is 12.2. The van der Waals surface area contributed by atoms with E-state index in [1.54, 1.807) is 13.0 Å². The minimum absolute atomic E-state index is 0.106. The molecule has 0 saturated heterocycles. The van der Waals surface area contributed by atoms with Gasteiger partial charge in [0.05, 0.1) is 33.5 Å². The SMILES string of the molecule is Cc1ncc(N)cc1C(=O)NC(C)c1ccc(Cl)s1. The molecule has 0 aliphatic carbocycles. The predicted molar refractivity (Wildman–Crippen MR) is 78.6 cm³/mol. The number of anilines is 1. The number of aryl methyl sites for hydroxylation is 1. The number of nitrogen functional groups attached to an aromatic ring is 1. The van der Waals surface area contributed by atoms with E-state index < -0.39 is 0 Å². The van der Waals surface area contributed by atoms with Gasteiger partial charge < -0.3 is 11.1 Å². The molecule has 0 spiro atoms. The van der Waals surface area contributed by atoms with Crippen molar-refractivity contribution in [3.8, 4) is 0 Å². The van der Waals surface area contributed by atoms with Crippen molar-refractivity contribution >= 4 is 34.5 Å². The third-order valence-electron chi connectivity index (χ3n) is 2.72. The van der Waals surface area contributed by atoms with E-state index in [9.17, 15) is 4.79 Å². The predicted octanol–water partition coefficient (Wildman–Crippen LogP) is 3.18. The average molecular weight is 296 g/mol. The van der Waals surface area contributed by atoms with Crippen LogP contribution < -0.4 is 11.1 Å². The molecule has 0 fully saturated rings. The molecule has 3 N–H and O–H groups in total. The van der Waals surface area contributed by atoms with Gasteiger partial charge in [-0.05, 0) is 32.0 Å². The molecular weight excluding hydrogens is 282 g/mol. The van der Waals surface area contributed by atoms with Crippen molar-refractivity contribution in [3.05, 3.63) is 44.9 Å². The first-order valence-electron chi connectivity index (χ1n) is 5.75. The van der Waals surface area contributed by atoms with Gasteiger partial charge in [-0.25, -0.2) is 0 Å². The first-order valence-corrected chi connectivity index (χ1v) is 6.95. The van der Waals surface area contributed by atoms with E-state index >= 15 is 0 Å². The summed E-state index contributed by atoms with van der Waals surface area (Å²) in [5.41, 5.74) is 7.28. The molecule has 1 amide bonds. The molecule has 2 heterocycles. The Labute approximate surface area is 120 Å². The minimum Gasteiger partial charge on any atom is -0.397 e. The first kappa shape index (κ1) is 13.8. The van der Waals surface area contributed by atoms with E-state index in [1.165, 1.54) is 17.5 Å². The van der Waals surface area contributed by atoms with Crippen LogP contribution in [0.3, 0.4) is 0 Å². The summed E-state index contributed by atoms with van der Waals surface area (Å²) in [5.74, 6) is -0.186. The van der Waals surface area contributed by atoms with Crippen LogP contribution in [0.5, 0.6) is 0 Å². The molecule has 0 saturated carbocycles. The minimum atomic E-state index is -0.186. The zero-order chi connectivity index (χ0) is 14.0. The van der Waals surface area contributed by atoms with Crippen molar-refractivity contribution in [2.24, 2.45) is 0 Å². The highest BCUT2D eigenvalue weighted by Crippen LogP contribution is 2.26. The number of halogens is 1. The van der Waals surface area contributed by atoms with Crippen molar-refractivity contribution in [1.82, 2.24) is 10.3 Å². The van der Waals surface area contributed by atoms with E-state index in [1.807, 2.05) is 19.1 Å². The Morgan fingerprint density at radius 3 is 2.89 bits per heavy atom. The average Bonchev–Trinajstić information content (AvgIpc) is 2.79. The number of hydrogen-bond acceptors (Lipinski definition) is 4. The van der Waals surface area contributed by atoms with Crippen LogP contribution in [0.15, 0.2) is 24.4 Å². The fraction of sp³-hybridized carbons (Fsp3) is 0.231. The normalized spacial score (nSPS) is 12.2. The number of pyridine rings is 1. The Morgan fingerprint density at radius 2 is 2.26 bits per heavy atom. The molecule has 0 aliphatic rings. The number of rotatable bonds is 3. The topological polar surface area (TPSA) is 68.0 Å². The number of hydrogen-bond donors (Lipinski definition) is 2. The molecule has 0 radical (unpaired) electrons. The van der Waals surface area contributed by atoms with Crippen LogP contribution in [0, 0.1) is 6.92 Å². The Hall–Kier alpha value is -1.59. The lowest BCUT2D eigenvalue weighted by molar-refractivity contribution is 0.0939. The third kappa shape index (κ3) is 3.24. The van der Waals surface area contributed by atoms with Crippen molar-refractivity contribution in [1.29, 1.82) is 0 Å². The van der Waals surface area contributed by atoms with Gasteiger partial charge in [0.2, 0.25) is 0 Å². The summed E-state index contributed by atoms with van der Waals surface area (Å²) in [6.07, 6.45) is 1.54. The number of carbonyl (C=O) groups is 1. The quantitative estimate of drug-likeness (QED) is 0.914. The van der Waals surface area contributed by atoms with Crippen molar-refractivity contribution in [2.75, 3.05) is 5.73 Å². The van der Waals surface area contributed by atoms with Gasteiger partial charge >= 0.3 is 0 Å². The van der Waals surface area contributed by atoms with E-state index in [0.717, 1.165) is 4.88 Å². The molecular formula is C13H14ClN3OS. The summed E-state index contributed by atoms with van der Waals surface area (Å²) >= 11 is 7.33. The van der Waals surface area contributed by atoms with Crippen molar-refractivity contribution in [3.63, 3.8) is 0 Å². The molecule has 6 heteroatoms. The second-order valence-electron chi connectivity index (χ2n) is 4.24. The van der Waals surface area contributed by atoms with Gasteiger partial charge in [0.25, 0.3) is 5.91 Å². The second kappa shape index (κ2) is 5.59. The standard InChI is InChI=1S/C13H14ClN3OS/c1-7-10(5-9(15)6-16-7)13(18)17-8(2)11-3-4-12(14)19-11/h3-6,8H,15H2,1-2H3,(H,17,18). The van der Waals surface area contributed by atoms with Gasteiger partial charge in [-0.2, -0.15) is 0 Å². The van der Waals surface area contributed by atoms with Crippen LogP contribution in [0.2, 0.25) is 4.34 Å². The largest absolute Gasteiger partial charge is 0.397 e. The van der Waals surface area contributed by atoms with E-state index in [0.29, 0.717) is 21.3 Å². The smallest absolute Gasteiger partial charge is 0.253 e. The second-order valence-corrected chi connectivity index (χ2v) is 5.99. The lowest BCUT2D eigenvalue weighted by Gasteiger charge is -2.13. The van der Waals surface area contributed by atoms with Crippen LogP contribution in [-0.2, 0) is 0 Å². The fourth-order valence-electron chi connectivity index (χ4n) is 1.69. The number of carbonyl (C=O) groups excluding carboxylic acids is 1. The highest BCUT2D eigenvalue weighted by molar-refractivity contribution is 7.16. The summed E-state index contributed by atoms with van der Waals surface area (Å²) < 4.78 is 0.706. The molecule has 1 atom stereocenters. The Kier molecular flexibility index (Phi) is 4.07. The molecule has 100 valence electrons. The Morgan fingerprint density at radius 1 is 1.53 bits per heavy atom. The summed E-state index contributed by atoms with van der Waals surface area (Å²) in [5, 5.41) is 2.91. The van der Waals surface area contributed by atoms with E-state index in [4.69, 9.17) is 17.3 Å². The maximum Gasteiger partial charge on any atom is 0.253 e.